The third kappa shape index (κ3) is 8.15. The minimum atomic E-state index is -1.72. The van der Waals surface area contributed by atoms with Crippen molar-refractivity contribution in [2.24, 2.45) is 0 Å². The summed E-state index contributed by atoms with van der Waals surface area (Å²) in [6.07, 6.45) is 3.91. The molecule has 3 nitrogen and oxygen atoms in total. The Labute approximate surface area is 317 Å². The Hall–Kier alpha value is -4.61. The maximum absolute atomic E-state index is 6.43. The van der Waals surface area contributed by atoms with Gasteiger partial charge in [-0.2, -0.15) is 0 Å². The molecule has 255 valence electrons. The number of fused-ring (bicyclic) bond motifs is 3. The second-order valence-electron chi connectivity index (χ2n) is 13.9. The van der Waals surface area contributed by atoms with E-state index in [-0.39, 0.29) is 20.1 Å². The van der Waals surface area contributed by atoms with E-state index in [1.54, 1.807) is 0 Å². The number of furan rings is 1. The van der Waals surface area contributed by atoms with Crippen molar-refractivity contribution in [1.29, 1.82) is 0 Å². The Morgan fingerprint density at radius 2 is 1.37 bits per heavy atom. The third-order valence-corrected chi connectivity index (χ3v) is 13.3. The van der Waals surface area contributed by atoms with Crippen LogP contribution in [0.15, 0.2) is 150 Å². The van der Waals surface area contributed by atoms with E-state index in [4.69, 9.17) is 4.42 Å². The molecule has 0 aliphatic heterocycles. The molecule has 0 saturated heterocycles. The number of rotatable bonds is 6. The van der Waals surface area contributed by atoms with E-state index in [0.29, 0.717) is 5.92 Å². The maximum atomic E-state index is 6.43. The van der Waals surface area contributed by atoms with Crippen molar-refractivity contribution in [1.82, 2.24) is 9.97 Å². The SMILES string of the molecule is CC(C)c1ccnc(-c2[c-]c3oc4cc(-c5ccccc5)cc(-c5ccccc5)c4c3cc2)c1.[CH3][Ge]([CH3])([CH3])[c]1ccc(-c2[c-]cccc2)nc1.[Ir]. The molecule has 3 aromatic heterocycles. The molecule has 1 radical (unpaired) electrons. The predicted octanol–water partition coefficient (Wildman–Crippen LogP) is 12.0. The van der Waals surface area contributed by atoms with Gasteiger partial charge in [0.05, 0.1) is 5.58 Å². The summed E-state index contributed by atoms with van der Waals surface area (Å²) in [5.74, 6) is 7.59. The zero-order chi connectivity index (χ0) is 34.7. The topological polar surface area (TPSA) is 38.9 Å². The minimum absolute atomic E-state index is 0. The van der Waals surface area contributed by atoms with Crippen LogP contribution < -0.4 is 4.40 Å². The largest absolute Gasteiger partial charge is 0 e. The van der Waals surface area contributed by atoms with Crippen molar-refractivity contribution in [3.05, 3.63) is 164 Å². The van der Waals surface area contributed by atoms with Gasteiger partial charge in [0.25, 0.3) is 0 Å². The zero-order valence-corrected chi connectivity index (χ0v) is 34.1. The summed E-state index contributed by atoms with van der Waals surface area (Å²) in [6, 6.07) is 52.8. The van der Waals surface area contributed by atoms with Gasteiger partial charge in [-0.1, -0.05) is 97.6 Å². The number of hydrogen-bond donors (Lipinski definition) is 0. The summed E-state index contributed by atoms with van der Waals surface area (Å²) in [4.78, 5) is 9.13. The molecule has 8 aromatic rings. The molecule has 0 aliphatic rings. The van der Waals surface area contributed by atoms with E-state index in [2.05, 4.69) is 150 Å². The van der Waals surface area contributed by atoms with E-state index in [1.165, 1.54) is 21.1 Å². The van der Waals surface area contributed by atoms with Gasteiger partial charge in [-0.3, -0.25) is 0 Å². The smallest absolute Gasteiger partial charge is 0 e. The fourth-order valence-corrected chi connectivity index (χ4v) is 8.30. The third-order valence-electron chi connectivity index (χ3n) is 9.03. The summed E-state index contributed by atoms with van der Waals surface area (Å²) in [5, 5.41) is 2.19. The van der Waals surface area contributed by atoms with Crippen molar-refractivity contribution >= 4 is 39.6 Å². The maximum Gasteiger partial charge on any atom is 0 e. The van der Waals surface area contributed by atoms with Gasteiger partial charge in [-0.15, -0.1) is 17.7 Å². The first-order valence-corrected chi connectivity index (χ1v) is 24.5. The Kier molecular flexibility index (Phi) is 11.2. The molecular weight excluding hydrogens is 861 g/mol. The molecule has 0 unspecified atom stereocenters. The van der Waals surface area contributed by atoms with Crippen LogP contribution in [0, 0.1) is 12.1 Å². The molecule has 5 aromatic carbocycles. The van der Waals surface area contributed by atoms with Crippen molar-refractivity contribution in [3.63, 3.8) is 0 Å². The number of hydrogen-bond acceptors (Lipinski definition) is 3. The molecule has 8 rings (SSSR count). The Bertz CT molecular complexity index is 2360. The van der Waals surface area contributed by atoms with E-state index >= 15 is 0 Å². The van der Waals surface area contributed by atoms with E-state index in [1.807, 2.05) is 48.8 Å². The molecule has 0 N–H and O–H groups in total. The standard InChI is InChI=1S/C32H24NO.C14H16GeN.Ir/c1-21(2)24-15-16-33-29(18-24)25-13-14-27-30(19-25)34-31-20-26(22-9-5-3-6-10-22)17-28(32(27)31)23-11-7-4-8-12-23;1-15(2,3)13-9-10-14(16-11-13)12-7-5-4-6-8-12;/h3-18,20-21H,1-2H3;4-7,9-11H,1-3H3;/q2*-1;. The second-order valence-corrected chi connectivity index (χ2v) is 24.6. The first-order chi connectivity index (χ1) is 24.2. The summed E-state index contributed by atoms with van der Waals surface area (Å²) in [6.45, 7) is 4.39. The van der Waals surface area contributed by atoms with E-state index in [9.17, 15) is 0 Å². The van der Waals surface area contributed by atoms with Crippen LogP contribution in [-0.2, 0) is 20.1 Å². The Morgan fingerprint density at radius 1 is 0.647 bits per heavy atom. The average Bonchev–Trinajstić information content (AvgIpc) is 3.53. The quantitative estimate of drug-likeness (QED) is 0.123. The Morgan fingerprint density at radius 3 is 2.02 bits per heavy atom. The number of pyridine rings is 2. The fourth-order valence-electron chi connectivity index (χ4n) is 6.13. The van der Waals surface area contributed by atoms with Crippen molar-refractivity contribution < 1.29 is 24.5 Å². The van der Waals surface area contributed by atoms with Crippen LogP contribution in [0.5, 0.6) is 0 Å². The first-order valence-electron chi connectivity index (χ1n) is 17.2. The van der Waals surface area contributed by atoms with Crippen LogP contribution in [0.3, 0.4) is 0 Å². The van der Waals surface area contributed by atoms with Crippen molar-refractivity contribution in [2.75, 3.05) is 0 Å². The van der Waals surface area contributed by atoms with Crippen LogP contribution >= 0.6 is 0 Å². The van der Waals surface area contributed by atoms with Gasteiger partial charge in [0.2, 0.25) is 0 Å². The average molecular weight is 902 g/mol. The van der Waals surface area contributed by atoms with Gasteiger partial charge >= 0.3 is 99.8 Å². The van der Waals surface area contributed by atoms with Crippen molar-refractivity contribution in [3.8, 4) is 44.8 Å². The monoisotopic (exact) mass is 903 g/mol. The number of nitrogens with zero attached hydrogens (tertiary/aromatic N) is 2. The van der Waals surface area contributed by atoms with Crippen LogP contribution in [0.25, 0.3) is 66.7 Å². The second kappa shape index (κ2) is 15.7. The van der Waals surface area contributed by atoms with Gasteiger partial charge in [0.15, 0.2) is 0 Å². The Balaban J connectivity index is 0.000000222. The molecule has 5 heteroatoms. The summed E-state index contributed by atoms with van der Waals surface area (Å²) in [7, 11) is 0. The molecule has 0 bridgehead atoms. The van der Waals surface area contributed by atoms with Crippen LogP contribution in [0.2, 0.25) is 17.3 Å². The molecule has 0 spiro atoms. The molecule has 0 atom stereocenters. The molecule has 0 saturated carbocycles. The van der Waals surface area contributed by atoms with Gasteiger partial charge in [0.1, 0.15) is 5.58 Å². The molecular formula is C46H40GeIrN2O-2. The number of aromatic nitrogens is 2. The zero-order valence-electron chi connectivity index (χ0n) is 29.6. The molecule has 0 aliphatic carbocycles. The molecule has 3 heterocycles. The molecule has 0 fully saturated rings. The van der Waals surface area contributed by atoms with E-state index < -0.39 is 13.3 Å². The van der Waals surface area contributed by atoms with Gasteiger partial charge in [0, 0.05) is 26.3 Å². The van der Waals surface area contributed by atoms with Crippen LogP contribution in [0.1, 0.15) is 25.3 Å². The first kappa shape index (κ1) is 36.2. The normalized spacial score (nSPS) is 11.3. The van der Waals surface area contributed by atoms with Gasteiger partial charge < -0.3 is 9.40 Å². The van der Waals surface area contributed by atoms with Gasteiger partial charge in [-0.05, 0) is 57.5 Å². The number of benzene rings is 5. The predicted molar refractivity (Wildman–Crippen MR) is 212 cm³/mol. The summed E-state index contributed by atoms with van der Waals surface area (Å²) < 4.78 is 7.88. The summed E-state index contributed by atoms with van der Waals surface area (Å²) in [5.41, 5.74) is 11.5. The van der Waals surface area contributed by atoms with Crippen LogP contribution in [0.4, 0.5) is 0 Å². The van der Waals surface area contributed by atoms with Gasteiger partial charge in [-0.25, -0.2) is 0 Å². The molecule has 0 amide bonds. The summed E-state index contributed by atoms with van der Waals surface area (Å²) >= 11 is -1.72. The van der Waals surface area contributed by atoms with Crippen LogP contribution in [-0.4, -0.2) is 23.2 Å². The fraction of sp³-hybridized carbons (Fsp3) is 0.130. The van der Waals surface area contributed by atoms with E-state index in [0.717, 1.165) is 55.6 Å². The minimum Gasteiger partial charge on any atom is 0 e. The van der Waals surface area contributed by atoms with Crippen molar-refractivity contribution in [2.45, 2.75) is 37.0 Å². The molecule has 51 heavy (non-hydrogen) atoms.